The Morgan fingerprint density at radius 3 is 2.35 bits per heavy atom. The number of hydrogen-bond donors (Lipinski definition) is 0. The van der Waals surface area contributed by atoms with Crippen LogP contribution in [0.3, 0.4) is 0 Å². The SMILES string of the molecule is N#Cc1cccc(C(Cl)c2ccc(Cl)cc2)c1. The molecule has 1 nitrogen and oxygen atoms in total. The van der Waals surface area contributed by atoms with Gasteiger partial charge in [-0.25, -0.2) is 0 Å². The largest absolute Gasteiger partial charge is 0.192 e. The fourth-order valence-corrected chi connectivity index (χ4v) is 2.00. The summed E-state index contributed by atoms with van der Waals surface area (Å²) in [7, 11) is 0. The van der Waals surface area contributed by atoms with Crippen LogP contribution in [0.25, 0.3) is 0 Å². The van der Waals surface area contributed by atoms with Gasteiger partial charge in [-0.2, -0.15) is 5.26 Å². The van der Waals surface area contributed by atoms with Crippen LogP contribution in [0.1, 0.15) is 22.1 Å². The third-order valence-electron chi connectivity index (χ3n) is 2.47. The molecular formula is C14H9Cl2N. The van der Waals surface area contributed by atoms with Crippen LogP contribution < -0.4 is 0 Å². The quantitative estimate of drug-likeness (QED) is 0.729. The molecule has 2 rings (SSSR count). The second-order valence-corrected chi connectivity index (χ2v) is 4.52. The first-order valence-electron chi connectivity index (χ1n) is 5.10. The first-order chi connectivity index (χ1) is 8.20. The highest BCUT2D eigenvalue weighted by Crippen LogP contribution is 2.29. The molecule has 1 atom stereocenters. The molecule has 17 heavy (non-hydrogen) atoms. The minimum Gasteiger partial charge on any atom is -0.192 e. The Morgan fingerprint density at radius 2 is 1.71 bits per heavy atom. The highest BCUT2D eigenvalue weighted by molar-refractivity contribution is 6.30. The van der Waals surface area contributed by atoms with Crippen molar-refractivity contribution < 1.29 is 0 Å². The van der Waals surface area contributed by atoms with E-state index in [4.69, 9.17) is 28.5 Å². The molecule has 0 aliphatic rings. The summed E-state index contributed by atoms with van der Waals surface area (Å²) in [6.45, 7) is 0. The molecule has 0 aromatic heterocycles. The number of nitriles is 1. The zero-order valence-electron chi connectivity index (χ0n) is 8.90. The summed E-state index contributed by atoms with van der Waals surface area (Å²) in [4.78, 5) is 0. The highest BCUT2D eigenvalue weighted by Gasteiger charge is 2.10. The van der Waals surface area contributed by atoms with Crippen LogP contribution in [-0.4, -0.2) is 0 Å². The van der Waals surface area contributed by atoms with E-state index in [1.807, 2.05) is 24.3 Å². The molecule has 0 bridgehead atoms. The summed E-state index contributed by atoms with van der Waals surface area (Å²) in [5, 5.41) is 9.26. The molecule has 0 saturated heterocycles. The average molecular weight is 262 g/mol. The molecule has 0 fully saturated rings. The van der Waals surface area contributed by atoms with Crippen molar-refractivity contribution in [3.05, 3.63) is 70.2 Å². The summed E-state index contributed by atoms with van der Waals surface area (Å²) < 4.78 is 0. The summed E-state index contributed by atoms with van der Waals surface area (Å²) in [5.74, 6) is 0. The topological polar surface area (TPSA) is 23.8 Å². The zero-order chi connectivity index (χ0) is 12.3. The van der Waals surface area contributed by atoms with E-state index < -0.39 is 0 Å². The minimum atomic E-state index is -0.263. The molecule has 2 aromatic rings. The Morgan fingerprint density at radius 1 is 1.00 bits per heavy atom. The number of benzene rings is 2. The third-order valence-corrected chi connectivity index (χ3v) is 3.23. The number of alkyl halides is 1. The van der Waals surface area contributed by atoms with Crippen LogP contribution in [0.15, 0.2) is 48.5 Å². The normalized spacial score (nSPS) is 11.8. The lowest BCUT2D eigenvalue weighted by molar-refractivity contribution is 1.14. The Labute approximate surface area is 110 Å². The van der Waals surface area contributed by atoms with E-state index in [-0.39, 0.29) is 5.38 Å². The Balaban J connectivity index is 2.33. The lowest BCUT2D eigenvalue weighted by Gasteiger charge is -2.10. The molecule has 3 heteroatoms. The maximum Gasteiger partial charge on any atom is 0.0991 e. The van der Waals surface area contributed by atoms with E-state index in [0.717, 1.165) is 11.1 Å². The van der Waals surface area contributed by atoms with Crippen molar-refractivity contribution in [1.82, 2.24) is 0 Å². The van der Waals surface area contributed by atoms with Crippen molar-refractivity contribution >= 4 is 23.2 Å². The second kappa shape index (κ2) is 5.23. The van der Waals surface area contributed by atoms with E-state index in [2.05, 4.69) is 6.07 Å². The van der Waals surface area contributed by atoms with E-state index in [0.29, 0.717) is 10.6 Å². The Bertz CT molecular complexity index is 555. The van der Waals surface area contributed by atoms with Gasteiger partial charge in [0, 0.05) is 5.02 Å². The molecular weight excluding hydrogens is 253 g/mol. The molecule has 0 amide bonds. The van der Waals surface area contributed by atoms with Gasteiger partial charge in [0.2, 0.25) is 0 Å². The lowest BCUT2D eigenvalue weighted by Crippen LogP contribution is -1.93. The van der Waals surface area contributed by atoms with Gasteiger partial charge in [0.1, 0.15) is 0 Å². The van der Waals surface area contributed by atoms with Crippen molar-refractivity contribution in [1.29, 1.82) is 5.26 Å². The number of nitrogens with zero attached hydrogens (tertiary/aromatic N) is 1. The van der Waals surface area contributed by atoms with Crippen LogP contribution in [-0.2, 0) is 0 Å². The summed E-state index contributed by atoms with van der Waals surface area (Å²) in [6, 6.07) is 16.8. The lowest BCUT2D eigenvalue weighted by atomic mass is 10.0. The Kier molecular flexibility index (Phi) is 3.68. The van der Waals surface area contributed by atoms with Gasteiger partial charge in [-0.1, -0.05) is 35.9 Å². The first kappa shape index (κ1) is 12.0. The van der Waals surface area contributed by atoms with Gasteiger partial charge in [-0.05, 0) is 35.4 Å². The van der Waals surface area contributed by atoms with Gasteiger partial charge in [0.25, 0.3) is 0 Å². The number of halogens is 2. The van der Waals surface area contributed by atoms with E-state index in [1.54, 1.807) is 24.3 Å². The van der Waals surface area contributed by atoms with Gasteiger partial charge in [0.15, 0.2) is 0 Å². The maximum atomic E-state index is 8.84. The third kappa shape index (κ3) is 2.79. The van der Waals surface area contributed by atoms with Gasteiger partial charge in [-0.3, -0.25) is 0 Å². The number of hydrogen-bond acceptors (Lipinski definition) is 1. The standard InChI is InChI=1S/C14H9Cl2N/c15-13-6-4-11(5-7-13)14(16)12-3-1-2-10(8-12)9-17/h1-8,14H. The van der Waals surface area contributed by atoms with Crippen molar-refractivity contribution in [2.45, 2.75) is 5.38 Å². The van der Waals surface area contributed by atoms with Crippen LogP contribution in [0.4, 0.5) is 0 Å². The first-order valence-corrected chi connectivity index (χ1v) is 5.92. The zero-order valence-corrected chi connectivity index (χ0v) is 10.4. The highest BCUT2D eigenvalue weighted by atomic mass is 35.5. The van der Waals surface area contributed by atoms with Crippen LogP contribution in [0.2, 0.25) is 5.02 Å². The Hall–Kier alpha value is -1.49. The van der Waals surface area contributed by atoms with Gasteiger partial charge < -0.3 is 0 Å². The smallest absolute Gasteiger partial charge is 0.0991 e. The van der Waals surface area contributed by atoms with Crippen molar-refractivity contribution in [3.63, 3.8) is 0 Å². The van der Waals surface area contributed by atoms with E-state index >= 15 is 0 Å². The van der Waals surface area contributed by atoms with Crippen LogP contribution in [0, 0.1) is 11.3 Å². The molecule has 0 radical (unpaired) electrons. The summed E-state index contributed by atoms with van der Waals surface area (Å²) in [5.41, 5.74) is 2.49. The number of rotatable bonds is 2. The van der Waals surface area contributed by atoms with Gasteiger partial charge >= 0.3 is 0 Å². The minimum absolute atomic E-state index is 0.263. The van der Waals surface area contributed by atoms with E-state index in [1.165, 1.54) is 0 Å². The monoisotopic (exact) mass is 261 g/mol. The van der Waals surface area contributed by atoms with Crippen molar-refractivity contribution in [2.75, 3.05) is 0 Å². The molecule has 84 valence electrons. The van der Waals surface area contributed by atoms with E-state index in [9.17, 15) is 0 Å². The van der Waals surface area contributed by atoms with Crippen molar-refractivity contribution in [3.8, 4) is 6.07 Å². The predicted molar refractivity (Wildman–Crippen MR) is 70.3 cm³/mol. The molecule has 0 N–H and O–H groups in total. The molecule has 2 aromatic carbocycles. The molecule has 0 aliphatic carbocycles. The van der Waals surface area contributed by atoms with Crippen LogP contribution in [0.5, 0.6) is 0 Å². The fourth-order valence-electron chi connectivity index (χ4n) is 1.59. The van der Waals surface area contributed by atoms with Crippen molar-refractivity contribution in [2.24, 2.45) is 0 Å². The predicted octanol–water partition coefficient (Wildman–Crippen LogP) is 4.54. The maximum absolute atomic E-state index is 8.84. The molecule has 0 spiro atoms. The molecule has 0 aliphatic heterocycles. The fraction of sp³-hybridized carbons (Fsp3) is 0.0714. The summed E-state index contributed by atoms with van der Waals surface area (Å²) >= 11 is 12.2. The molecule has 1 unspecified atom stereocenters. The van der Waals surface area contributed by atoms with Gasteiger partial charge in [-0.15, -0.1) is 11.6 Å². The average Bonchev–Trinajstić information content (AvgIpc) is 2.39. The van der Waals surface area contributed by atoms with Gasteiger partial charge in [0.05, 0.1) is 17.0 Å². The molecule has 0 heterocycles. The summed E-state index contributed by atoms with van der Waals surface area (Å²) in [6.07, 6.45) is 0. The molecule has 0 saturated carbocycles. The van der Waals surface area contributed by atoms with Crippen LogP contribution >= 0.6 is 23.2 Å². The second-order valence-electron chi connectivity index (χ2n) is 3.65.